The summed E-state index contributed by atoms with van der Waals surface area (Å²) in [5.41, 5.74) is 6.17. The van der Waals surface area contributed by atoms with Crippen molar-refractivity contribution in [1.82, 2.24) is 10.1 Å². The molecule has 0 radical (unpaired) electrons. The van der Waals surface area contributed by atoms with Gasteiger partial charge in [-0.05, 0) is 18.2 Å². The van der Waals surface area contributed by atoms with Crippen molar-refractivity contribution in [2.24, 2.45) is 5.73 Å². The molecule has 1 aromatic carbocycles. The third-order valence-corrected chi connectivity index (χ3v) is 2.39. The van der Waals surface area contributed by atoms with Gasteiger partial charge in [-0.15, -0.1) is 0 Å². The van der Waals surface area contributed by atoms with Gasteiger partial charge >= 0.3 is 0 Å². The lowest BCUT2D eigenvalue weighted by atomic mass is 10.2. The summed E-state index contributed by atoms with van der Waals surface area (Å²) in [6.07, 6.45) is 0. The fourth-order valence-corrected chi connectivity index (χ4v) is 1.40. The number of hydrogen-bond acceptors (Lipinski definition) is 7. The summed E-state index contributed by atoms with van der Waals surface area (Å²) in [6.45, 7) is -0.277. The largest absolute Gasteiger partial charge is 0.504 e. The number of hydrogen-bond donors (Lipinski definition) is 3. The highest BCUT2D eigenvalue weighted by Crippen LogP contribution is 2.30. The first-order chi connectivity index (χ1) is 8.65. The summed E-state index contributed by atoms with van der Waals surface area (Å²) in [6, 6.07) is 3.96. The van der Waals surface area contributed by atoms with Gasteiger partial charge in [-0.3, -0.25) is 0 Å². The van der Waals surface area contributed by atoms with Crippen molar-refractivity contribution in [2.75, 3.05) is 13.7 Å². The average Bonchev–Trinajstić information content (AvgIpc) is 2.88. The Bertz CT molecular complexity index is 541. The number of aliphatic hydroxyl groups excluding tert-OH is 1. The molecular formula is C11H13N3O4. The molecule has 2 aromatic rings. The first kappa shape index (κ1) is 12.3. The summed E-state index contributed by atoms with van der Waals surface area (Å²) in [4.78, 5) is 4.06. The zero-order valence-electron chi connectivity index (χ0n) is 9.70. The maximum absolute atomic E-state index is 9.47. The van der Waals surface area contributed by atoms with Gasteiger partial charge in [0.1, 0.15) is 6.04 Å². The highest BCUT2D eigenvalue weighted by Gasteiger charge is 2.15. The van der Waals surface area contributed by atoms with Gasteiger partial charge in [-0.2, -0.15) is 4.98 Å². The zero-order chi connectivity index (χ0) is 13.1. The molecule has 0 aliphatic heterocycles. The monoisotopic (exact) mass is 251 g/mol. The fraction of sp³-hybridized carbons (Fsp3) is 0.273. The average molecular weight is 251 g/mol. The van der Waals surface area contributed by atoms with E-state index in [0.717, 1.165) is 0 Å². The number of nitrogens with zero attached hydrogens (tertiary/aromatic N) is 2. The van der Waals surface area contributed by atoms with E-state index in [-0.39, 0.29) is 18.2 Å². The quantitative estimate of drug-likeness (QED) is 0.722. The van der Waals surface area contributed by atoms with Crippen LogP contribution in [0.5, 0.6) is 11.5 Å². The molecule has 96 valence electrons. The Hall–Kier alpha value is -2.12. The smallest absolute Gasteiger partial charge is 0.246 e. The molecular weight excluding hydrogens is 238 g/mol. The predicted octanol–water partition coefficient (Wildman–Crippen LogP) is 0.443. The molecule has 0 saturated heterocycles. The Morgan fingerprint density at radius 1 is 1.50 bits per heavy atom. The van der Waals surface area contributed by atoms with Gasteiger partial charge in [0.25, 0.3) is 0 Å². The van der Waals surface area contributed by atoms with E-state index in [4.69, 9.17) is 20.1 Å². The van der Waals surface area contributed by atoms with Crippen LogP contribution in [0.4, 0.5) is 0 Å². The first-order valence-corrected chi connectivity index (χ1v) is 5.23. The second-order valence-corrected chi connectivity index (χ2v) is 3.63. The lowest BCUT2D eigenvalue weighted by Crippen LogP contribution is -2.14. The molecule has 0 aliphatic carbocycles. The standard InChI is InChI=1S/C11H13N3O4/c1-17-9-4-6(2-3-8(9)16)10-13-11(18-14-10)7(12)5-15/h2-4,7,15-16H,5,12H2,1H3/t7-/m1/s1. The fourth-order valence-electron chi connectivity index (χ4n) is 1.40. The van der Waals surface area contributed by atoms with Crippen LogP contribution in [-0.2, 0) is 0 Å². The molecule has 0 saturated carbocycles. The molecule has 0 spiro atoms. The third-order valence-electron chi connectivity index (χ3n) is 2.39. The number of benzene rings is 1. The minimum atomic E-state index is -0.703. The van der Waals surface area contributed by atoms with Crippen molar-refractivity contribution < 1.29 is 19.5 Å². The molecule has 0 fully saturated rings. The van der Waals surface area contributed by atoms with Crippen LogP contribution in [0.2, 0.25) is 0 Å². The zero-order valence-corrected chi connectivity index (χ0v) is 9.70. The molecule has 2 rings (SSSR count). The summed E-state index contributed by atoms with van der Waals surface area (Å²) >= 11 is 0. The molecule has 18 heavy (non-hydrogen) atoms. The van der Waals surface area contributed by atoms with Gasteiger partial charge in [0.15, 0.2) is 11.5 Å². The molecule has 4 N–H and O–H groups in total. The molecule has 1 heterocycles. The number of rotatable bonds is 4. The van der Waals surface area contributed by atoms with E-state index in [1.807, 2.05) is 0 Å². The number of aliphatic hydroxyl groups is 1. The SMILES string of the molecule is COc1cc(-c2noc([C@H](N)CO)n2)ccc1O. The summed E-state index contributed by atoms with van der Waals surface area (Å²) in [5, 5.41) is 22.1. The minimum Gasteiger partial charge on any atom is -0.504 e. The Morgan fingerprint density at radius 3 is 2.94 bits per heavy atom. The summed E-state index contributed by atoms with van der Waals surface area (Å²) in [7, 11) is 1.45. The van der Waals surface area contributed by atoms with Crippen molar-refractivity contribution in [1.29, 1.82) is 0 Å². The number of aromatic hydroxyl groups is 1. The van der Waals surface area contributed by atoms with Crippen molar-refractivity contribution in [3.63, 3.8) is 0 Å². The van der Waals surface area contributed by atoms with E-state index < -0.39 is 6.04 Å². The number of phenolic OH excluding ortho intramolecular Hbond substituents is 1. The van der Waals surface area contributed by atoms with Gasteiger partial charge in [-0.25, -0.2) is 0 Å². The van der Waals surface area contributed by atoms with Crippen LogP contribution >= 0.6 is 0 Å². The van der Waals surface area contributed by atoms with Crippen LogP contribution in [0, 0.1) is 0 Å². The van der Waals surface area contributed by atoms with Crippen molar-refractivity contribution in [3.8, 4) is 22.9 Å². The molecule has 0 bridgehead atoms. The highest BCUT2D eigenvalue weighted by atomic mass is 16.5. The molecule has 0 amide bonds. The summed E-state index contributed by atoms with van der Waals surface area (Å²) < 4.78 is 9.91. The van der Waals surface area contributed by atoms with Crippen LogP contribution in [0.3, 0.4) is 0 Å². The Balaban J connectivity index is 2.34. The maximum atomic E-state index is 9.47. The van der Waals surface area contributed by atoms with E-state index in [1.54, 1.807) is 12.1 Å². The van der Waals surface area contributed by atoms with Crippen molar-refractivity contribution in [2.45, 2.75) is 6.04 Å². The van der Waals surface area contributed by atoms with Crippen molar-refractivity contribution >= 4 is 0 Å². The van der Waals surface area contributed by atoms with E-state index >= 15 is 0 Å². The Kier molecular flexibility index (Phi) is 3.45. The van der Waals surface area contributed by atoms with Crippen LogP contribution in [0.1, 0.15) is 11.9 Å². The second kappa shape index (κ2) is 5.03. The molecule has 1 atom stereocenters. The predicted molar refractivity (Wildman–Crippen MR) is 62.0 cm³/mol. The topological polar surface area (TPSA) is 115 Å². The second-order valence-electron chi connectivity index (χ2n) is 3.63. The highest BCUT2D eigenvalue weighted by molar-refractivity contribution is 5.60. The van der Waals surface area contributed by atoms with E-state index in [2.05, 4.69) is 10.1 Å². The Labute approximate surface area is 103 Å². The molecule has 1 aromatic heterocycles. The van der Waals surface area contributed by atoms with Crippen LogP contribution < -0.4 is 10.5 Å². The van der Waals surface area contributed by atoms with Gasteiger partial charge in [-0.1, -0.05) is 5.16 Å². The molecule has 0 aliphatic rings. The van der Waals surface area contributed by atoms with Crippen LogP contribution in [0.25, 0.3) is 11.4 Å². The molecule has 0 unspecified atom stereocenters. The first-order valence-electron chi connectivity index (χ1n) is 5.23. The Morgan fingerprint density at radius 2 is 2.28 bits per heavy atom. The third kappa shape index (κ3) is 2.27. The van der Waals surface area contributed by atoms with Gasteiger partial charge in [0, 0.05) is 5.56 Å². The van der Waals surface area contributed by atoms with Crippen LogP contribution in [0.15, 0.2) is 22.7 Å². The van der Waals surface area contributed by atoms with E-state index in [1.165, 1.54) is 13.2 Å². The normalized spacial score (nSPS) is 12.4. The van der Waals surface area contributed by atoms with Crippen LogP contribution in [-0.4, -0.2) is 34.1 Å². The lowest BCUT2D eigenvalue weighted by molar-refractivity contribution is 0.237. The molecule has 7 nitrogen and oxygen atoms in total. The van der Waals surface area contributed by atoms with Crippen molar-refractivity contribution in [3.05, 3.63) is 24.1 Å². The van der Waals surface area contributed by atoms with Gasteiger partial charge in [0.2, 0.25) is 11.7 Å². The maximum Gasteiger partial charge on any atom is 0.246 e. The van der Waals surface area contributed by atoms with Gasteiger partial charge < -0.3 is 25.2 Å². The molecule has 7 heteroatoms. The number of methoxy groups -OCH3 is 1. The number of ether oxygens (including phenoxy) is 1. The van der Waals surface area contributed by atoms with E-state index in [9.17, 15) is 5.11 Å². The number of phenols is 1. The number of nitrogens with two attached hydrogens (primary N) is 1. The minimum absolute atomic E-state index is 0.0250. The van der Waals surface area contributed by atoms with E-state index in [0.29, 0.717) is 17.1 Å². The lowest BCUT2D eigenvalue weighted by Gasteiger charge is -2.03. The summed E-state index contributed by atoms with van der Waals surface area (Å²) in [5.74, 6) is 0.800. The number of aromatic nitrogens is 2. The van der Waals surface area contributed by atoms with Gasteiger partial charge in [0.05, 0.1) is 13.7 Å².